The highest BCUT2D eigenvalue weighted by Gasteiger charge is 2.27. The SMILES string of the molecule is CCN(C)C(=O)CN1CCCC1CC(C)O. The molecule has 0 bridgehead atoms. The fourth-order valence-corrected chi connectivity index (χ4v) is 2.23. The number of aliphatic hydroxyl groups is 1. The van der Waals surface area contributed by atoms with Gasteiger partial charge in [-0.15, -0.1) is 0 Å². The lowest BCUT2D eigenvalue weighted by molar-refractivity contribution is -0.131. The molecule has 0 saturated carbocycles. The van der Waals surface area contributed by atoms with Crippen molar-refractivity contribution in [3.8, 4) is 0 Å². The fourth-order valence-electron chi connectivity index (χ4n) is 2.23. The van der Waals surface area contributed by atoms with Crippen molar-refractivity contribution in [2.75, 3.05) is 26.7 Å². The van der Waals surface area contributed by atoms with Gasteiger partial charge in [0.25, 0.3) is 0 Å². The molecule has 1 fully saturated rings. The van der Waals surface area contributed by atoms with Crippen LogP contribution in [0.25, 0.3) is 0 Å². The highest BCUT2D eigenvalue weighted by Crippen LogP contribution is 2.21. The molecule has 4 heteroatoms. The number of nitrogens with zero attached hydrogens (tertiary/aromatic N) is 2. The summed E-state index contributed by atoms with van der Waals surface area (Å²) in [7, 11) is 1.84. The van der Waals surface area contributed by atoms with Gasteiger partial charge in [-0.3, -0.25) is 9.69 Å². The highest BCUT2D eigenvalue weighted by molar-refractivity contribution is 5.78. The van der Waals surface area contributed by atoms with Crippen LogP contribution >= 0.6 is 0 Å². The Kier molecular flexibility index (Phi) is 5.22. The number of amides is 1. The number of carbonyl (C=O) groups excluding carboxylic acids is 1. The van der Waals surface area contributed by atoms with Gasteiger partial charge in [0.15, 0.2) is 0 Å². The second-order valence-electron chi connectivity index (χ2n) is 4.76. The van der Waals surface area contributed by atoms with Crippen LogP contribution in [0, 0.1) is 0 Å². The molecule has 0 aromatic heterocycles. The number of likely N-dealkylation sites (N-methyl/N-ethyl adjacent to an activating group) is 1. The van der Waals surface area contributed by atoms with Crippen LogP contribution in [0.15, 0.2) is 0 Å². The predicted molar refractivity (Wildman–Crippen MR) is 64.2 cm³/mol. The Morgan fingerprint density at radius 1 is 1.62 bits per heavy atom. The number of hydrogen-bond acceptors (Lipinski definition) is 3. The van der Waals surface area contributed by atoms with Crippen molar-refractivity contribution in [3.05, 3.63) is 0 Å². The Morgan fingerprint density at radius 2 is 2.31 bits per heavy atom. The monoisotopic (exact) mass is 228 g/mol. The maximum absolute atomic E-state index is 11.8. The lowest BCUT2D eigenvalue weighted by atomic mass is 10.1. The highest BCUT2D eigenvalue weighted by atomic mass is 16.3. The number of likely N-dealkylation sites (tertiary alicyclic amines) is 1. The second kappa shape index (κ2) is 6.21. The van der Waals surface area contributed by atoms with E-state index in [0.717, 1.165) is 32.4 Å². The number of hydrogen-bond donors (Lipinski definition) is 1. The van der Waals surface area contributed by atoms with E-state index in [2.05, 4.69) is 4.90 Å². The summed E-state index contributed by atoms with van der Waals surface area (Å²) < 4.78 is 0. The molecule has 1 heterocycles. The molecule has 94 valence electrons. The van der Waals surface area contributed by atoms with Crippen molar-refractivity contribution in [3.63, 3.8) is 0 Å². The minimum atomic E-state index is -0.274. The van der Waals surface area contributed by atoms with Crippen LogP contribution in [0.1, 0.15) is 33.1 Å². The van der Waals surface area contributed by atoms with Gasteiger partial charge in [0, 0.05) is 19.6 Å². The summed E-state index contributed by atoms with van der Waals surface area (Å²) in [5, 5.41) is 9.40. The molecule has 0 aromatic rings. The van der Waals surface area contributed by atoms with E-state index in [1.807, 2.05) is 20.9 Å². The van der Waals surface area contributed by atoms with E-state index < -0.39 is 0 Å². The van der Waals surface area contributed by atoms with Gasteiger partial charge in [-0.05, 0) is 39.7 Å². The first-order valence-corrected chi connectivity index (χ1v) is 6.20. The topological polar surface area (TPSA) is 43.8 Å². The van der Waals surface area contributed by atoms with Gasteiger partial charge >= 0.3 is 0 Å². The van der Waals surface area contributed by atoms with E-state index in [0.29, 0.717) is 12.6 Å². The molecule has 1 aliphatic rings. The van der Waals surface area contributed by atoms with Crippen LogP contribution in [0.2, 0.25) is 0 Å². The van der Waals surface area contributed by atoms with Gasteiger partial charge in [0.1, 0.15) is 0 Å². The van der Waals surface area contributed by atoms with Gasteiger partial charge in [0.05, 0.1) is 12.6 Å². The zero-order valence-electron chi connectivity index (χ0n) is 10.6. The molecule has 0 spiro atoms. The third kappa shape index (κ3) is 3.76. The summed E-state index contributed by atoms with van der Waals surface area (Å²) in [6, 6.07) is 0.384. The third-order valence-electron chi connectivity index (χ3n) is 3.35. The van der Waals surface area contributed by atoms with Crippen LogP contribution in [-0.4, -0.2) is 59.6 Å². The van der Waals surface area contributed by atoms with Crippen molar-refractivity contribution in [1.29, 1.82) is 0 Å². The molecule has 1 saturated heterocycles. The summed E-state index contributed by atoms with van der Waals surface area (Å²) in [5.41, 5.74) is 0. The number of rotatable bonds is 5. The molecular formula is C12H24N2O2. The smallest absolute Gasteiger partial charge is 0.236 e. The lowest BCUT2D eigenvalue weighted by Crippen LogP contribution is -2.41. The molecule has 2 atom stereocenters. The number of aliphatic hydroxyl groups excluding tert-OH is 1. The molecule has 2 unspecified atom stereocenters. The minimum Gasteiger partial charge on any atom is -0.393 e. The Bertz CT molecular complexity index is 231. The molecule has 0 aliphatic carbocycles. The summed E-state index contributed by atoms with van der Waals surface area (Å²) in [6.45, 7) is 6.04. The largest absolute Gasteiger partial charge is 0.393 e. The van der Waals surface area contributed by atoms with Crippen molar-refractivity contribution in [2.24, 2.45) is 0 Å². The number of carbonyl (C=O) groups is 1. The summed E-state index contributed by atoms with van der Waals surface area (Å²) in [4.78, 5) is 15.7. The molecule has 0 aromatic carbocycles. The van der Waals surface area contributed by atoms with Crippen LogP contribution in [0.5, 0.6) is 0 Å². The molecule has 0 radical (unpaired) electrons. The van der Waals surface area contributed by atoms with Gasteiger partial charge in [-0.2, -0.15) is 0 Å². The molecule has 1 N–H and O–H groups in total. The van der Waals surface area contributed by atoms with Crippen molar-refractivity contribution >= 4 is 5.91 Å². The minimum absolute atomic E-state index is 0.181. The van der Waals surface area contributed by atoms with Gasteiger partial charge in [-0.25, -0.2) is 0 Å². The van der Waals surface area contributed by atoms with Crippen LogP contribution in [0.4, 0.5) is 0 Å². The Morgan fingerprint density at radius 3 is 2.88 bits per heavy atom. The average molecular weight is 228 g/mol. The first-order chi connectivity index (χ1) is 7.54. The van der Waals surface area contributed by atoms with E-state index in [1.54, 1.807) is 4.90 Å². The van der Waals surface area contributed by atoms with Crippen molar-refractivity contribution in [2.45, 2.75) is 45.3 Å². The average Bonchev–Trinajstić information content (AvgIpc) is 2.63. The quantitative estimate of drug-likeness (QED) is 0.753. The Balaban J connectivity index is 2.43. The van der Waals surface area contributed by atoms with E-state index in [-0.39, 0.29) is 12.0 Å². The zero-order chi connectivity index (χ0) is 12.1. The van der Waals surface area contributed by atoms with Crippen LogP contribution in [0.3, 0.4) is 0 Å². The first-order valence-electron chi connectivity index (χ1n) is 6.20. The molecule has 1 amide bonds. The normalized spacial score (nSPS) is 23.4. The molecular weight excluding hydrogens is 204 g/mol. The van der Waals surface area contributed by atoms with Crippen molar-refractivity contribution in [1.82, 2.24) is 9.80 Å². The van der Waals surface area contributed by atoms with E-state index >= 15 is 0 Å². The maximum Gasteiger partial charge on any atom is 0.236 e. The molecule has 16 heavy (non-hydrogen) atoms. The first kappa shape index (κ1) is 13.5. The molecule has 4 nitrogen and oxygen atoms in total. The van der Waals surface area contributed by atoms with Crippen LogP contribution in [-0.2, 0) is 4.79 Å². The molecule has 1 aliphatic heterocycles. The maximum atomic E-state index is 11.8. The summed E-state index contributed by atoms with van der Waals surface area (Å²) in [6.07, 6.45) is 2.75. The van der Waals surface area contributed by atoms with E-state index in [9.17, 15) is 9.90 Å². The second-order valence-corrected chi connectivity index (χ2v) is 4.76. The summed E-state index contributed by atoms with van der Waals surface area (Å²) in [5.74, 6) is 0.181. The lowest BCUT2D eigenvalue weighted by Gasteiger charge is -2.26. The standard InChI is InChI=1S/C12H24N2O2/c1-4-13(3)12(16)9-14-7-5-6-11(14)8-10(2)15/h10-11,15H,4-9H2,1-3H3. The Labute approximate surface area is 98.2 Å². The van der Waals surface area contributed by atoms with Gasteiger partial charge in [0.2, 0.25) is 5.91 Å². The molecule has 1 rings (SSSR count). The van der Waals surface area contributed by atoms with E-state index in [4.69, 9.17) is 0 Å². The van der Waals surface area contributed by atoms with Gasteiger partial charge in [-0.1, -0.05) is 0 Å². The third-order valence-corrected chi connectivity index (χ3v) is 3.35. The van der Waals surface area contributed by atoms with Gasteiger partial charge < -0.3 is 10.0 Å². The van der Waals surface area contributed by atoms with Crippen LogP contribution < -0.4 is 0 Å². The van der Waals surface area contributed by atoms with Crippen molar-refractivity contribution < 1.29 is 9.90 Å². The van der Waals surface area contributed by atoms with E-state index in [1.165, 1.54) is 0 Å². The summed E-state index contributed by atoms with van der Waals surface area (Å²) >= 11 is 0. The predicted octanol–water partition coefficient (Wildman–Crippen LogP) is 0.700. The fraction of sp³-hybridized carbons (Fsp3) is 0.917. The zero-order valence-corrected chi connectivity index (χ0v) is 10.6. The Hall–Kier alpha value is -0.610.